The Labute approximate surface area is 143 Å². The zero-order chi connectivity index (χ0) is 17.3. The molecule has 2 saturated heterocycles. The molecule has 6 nitrogen and oxygen atoms in total. The van der Waals surface area contributed by atoms with Crippen LogP contribution in [-0.4, -0.2) is 58.4 Å². The number of likely N-dealkylation sites (tertiary alicyclic amines) is 2. The van der Waals surface area contributed by atoms with E-state index in [2.05, 4.69) is 6.92 Å². The molecule has 0 unspecified atom stereocenters. The minimum Gasteiger partial charge on any atom is -0.481 e. The summed E-state index contributed by atoms with van der Waals surface area (Å²) < 4.78 is 0. The number of piperidine rings is 1. The molecule has 0 aromatic rings. The van der Waals surface area contributed by atoms with Gasteiger partial charge in [0.05, 0.1) is 11.8 Å². The molecule has 2 atom stereocenters. The van der Waals surface area contributed by atoms with Gasteiger partial charge in [0.15, 0.2) is 0 Å². The third-order valence-corrected chi connectivity index (χ3v) is 6.02. The van der Waals surface area contributed by atoms with E-state index in [4.69, 9.17) is 0 Å². The molecule has 2 heterocycles. The third-order valence-electron chi connectivity index (χ3n) is 6.02. The molecule has 24 heavy (non-hydrogen) atoms. The van der Waals surface area contributed by atoms with E-state index in [1.54, 1.807) is 4.90 Å². The Balaban J connectivity index is 1.58. The van der Waals surface area contributed by atoms with Crippen molar-refractivity contribution in [2.24, 2.45) is 17.8 Å². The minimum absolute atomic E-state index is 0.0269. The van der Waals surface area contributed by atoms with Gasteiger partial charge in [-0.2, -0.15) is 0 Å². The summed E-state index contributed by atoms with van der Waals surface area (Å²) in [7, 11) is 0. The zero-order valence-electron chi connectivity index (χ0n) is 14.4. The summed E-state index contributed by atoms with van der Waals surface area (Å²) in [5, 5.41) is 9.18. The highest BCUT2D eigenvalue weighted by molar-refractivity contribution is 5.89. The average molecular weight is 336 g/mol. The largest absolute Gasteiger partial charge is 0.481 e. The predicted molar refractivity (Wildman–Crippen MR) is 88.2 cm³/mol. The van der Waals surface area contributed by atoms with Crippen molar-refractivity contribution in [3.05, 3.63) is 0 Å². The molecule has 0 aromatic heterocycles. The molecule has 1 saturated carbocycles. The summed E-state index contributed by atoms with van der Waals surface area (Å²) in [6.45, 7) is 3.68. The van der Waals surface area contributed by atoms with Crippen molar-refractivity contribution in [2.75, 3.05) is 19.6 Å². The topological polar surface area (TPSA) is 77.9 Å². The monoisotopic (exact) mass is 336 g/mol. The zero-order valence-corrected chi connectivity index (χ0v) is 14.4. The molecule has 3 aliphatic rings. The second-order valence-corrected chi connectivity index (χ2v) is 7.82. The van der Waals surface area contributed by atoms with Crippen LogP contribution in [0.15, 0.2) is 0 Å². The van der Waals surface area contributed by atoms with Crippen molar-refractivity contribution in [1.82, 2.24) is 9.80 Å². The van der Waals surface area contributed by atoms with Crippen molar-refractivity contribution in [3.8, 4) is 0 Å². The number of carbonyl (C=O) groups is 3. The Hall–Kier alpha value is -1.59. The second-order valence-electron chi connectivity index (χ2n) is 7.82. The van der Waals surface area contributed by atoms with Crippen molar-refractivity contribution in [2.45, 2.75) is 57.9 Å². The first-order valence-corrected chi connectivity index (χ1v) is 9.26. The van der Waals surface area contributed by atoms with E-state index in [0.29, 0.717) is 38.5 Å². The summed E-state index contributed by atoms with van der Waals surface area (Å²) in [6.07, 6.45) is 6.04. The normalized spacial score (nSPS) is 34.5. The van der Waals surface area contributed by atoms with E-state index in [1.807, 2.05) is 4.90 Å². The summed E-state index contributed by atoms with van der Waals surface area (Å²) in [5.41, 5.74) is 0. The van der Waals surface area contributed by atoms with Crippen LogP contribution in [0, 0.1) is 17.8 Å². The Morgan fingerprint density at radius 3 is 2.42 bits per heavy atom. The number of aliphatic carboxylic acids is 1. The van der Waals surface area contributed by atoms with Gasteiger partial charge < -0.3 is 14.9 Å². The van der Waals surface area contributed by atoms with Gasteiger partial charge >= 0.3 is 5.97 Å². The van der Waals surface area contributed by atoms with Gasteiger partial charge in [0.2, 0.25) is 11.8 Å². The highest BCUT2D eigenvalue weighted by Crippen LogP contribution is 2.32. The van der Waals surface area contributed by atoms with Gasteiger partial charge in [0, 0.05) is 32.1 Å². The number of nitrogens with zero attached hydrogens (tertiary/aromatic N) is 2. The molecular weight excluding hydrogens is 308 g/mol. The first-order chi connectivity index (χ1) is 11.5. The van der Waals surface area contributed by atoms with E-state index in [1.165, 1.54) is 0 Å². The SMILES string of the molecule is CC1CCC(N2C[C@H](C(=O)N3CCC[C@@H](C(=O)O)C3)CC2=O)CC1. The third kappa shape index (κ3) is 3.57. The summed E-state index contributed by atoms with van der Waals surface area (Å²) in [5.74, 6) is -0.772. The fourth-order valence-corrected chi connectivity index (χ4v) is 4.44. The van der Waals surface area contributed by atoms with E-state index >= 15 is 0 Å². The van der Waals surface area contributed by atoms with Gasteiger partial charge in [-0.25, -0.2) is 0 Å². The lowest BCUT2D eigenvalue weighted by Crippen LogP contribution is -2.46. The van der Waals surface area contributed by atoms with Crippen LogP contribution in [-0.2, 0) is 14.4 Å². The number of rotatable bonds is 3. The van der Waals surface area contributed by atoms with Crippen molar-refractivity contribution < 1.29 is 19.5 Å². The molecule has 2 amide bonds. The number of hydrogen-bond acceptors (Lipinski definition) is 3. The molecule has 1 N–H and O–H groups in total. The van der Waals surface area contributed by atoms with Crippen LogP contribution in [0.4, 0.5) is 0 Å². The first kappa shape index (κ1) is 17.2. The fraction of sp³-hybridized carbons (Fsp3) is 0.833. The summed E-state index contributed by atoms with van der Waals surface area (Å²) in [4.78, 5) is 39.9. The number of hydrogen-bond donors (Lipinski definition) is 1. The minimum atomic E-state index is -0.826. The van der Waals surface area contributed by atoms with Crippen LogP contribution < -0.4 is 0 Å². The molecule has 6 heteroatoms. The molecule has 3 rings (SSSR count). The second kappa shape index (κ2) is 7.11. The highest BCUT2D eigenvalue weighted by Gasteiger charge is 2.41. The number of amides is 2. The van der Waals surface area contributed by atoms with E-state index in [0.717, 1.165) is 38.0 Å². The van der Waals surface area contributed by atoms with E-state index in [9.17, 15) is 19.5 Å². The van der Waals surface area contributed by atoms with Crippen LogP contribution >= 0.6 is 0 Å². The van der Waals surface area contributed by atoms with E-state index in [-0.39, 0.29) is 17.7 Å². The van der Waals surface area contributed by atoms with Gasteiger partial charge in [-0.3, -0.25) is 14.4 Å². The quantitative estimate of drug-likeness (QED) is 0.851. The molecular formula is C18H28N2O4. The first-order valence-electron chi connectivity index (χ1n) is 9.26. The fourth-order valence-electron chi connectivity index (χ4n) is 4.44. The van der Waals surface area contributed by atoms with Gasteiger partial charge in [0.25, 0.3) is 0 Å². The predicted octanol–water partition coefficient (Wildman–Crippen LogP) is 1.74. The lowest BCUT2D eigenvalue weighted by Gasteiger charge is -2.34. The van der Waals surface area contributed by atoms with Gasteiger partial charge in [-0.1, -0.05) is 6.92 Å². The Morgan fingerprint density at radius 2 is 1.75 bits per heavy atom. The number of carbonyl (C=O) groups excluding carboxylic acids is 2. The molecule has 0 bridgehead atoms. The molecule has 0 spiro atoms. The Bertz CT molecular complexity index is 513. The summed E-state index contributed by atoms with van der Waals surface area (Å²) >= 11 is 0. The average Bonchev–Trinajstić information content (AvgIpc) is 2.97. The molecule has 1 aliphatic carbocycles. The van der Waals surface area contributed by atoms with Crippen molar-refractivity contribution in [1.29, 1.82) is 0 Å². The van der Waals surface area contributed by atoms with Crippen LogP contribution in [0.3, 0.4) is 0 Å². The number of carboxylic acids is 1. The highest BCUT2D eigenvalue weighted by atomic mass is 16.4. The van der Waals surface area contributed by atoms with Crippen LogP contribution in [0.25, 0.3) is 0 Å². The molecule has 134 valence electrons. The van der Waals surface area contributed by atoms with E-state index < -0.39 is 11.9 Å². The Morgan fingerprint density at radius 1 is 1.04 bits per heavy atom. The van der Waals surface area contributed by atoms with Gasteiger partial charge in [0.1, 0.15) is 0 Å². The standard InChI is InChI=1S/C18H28N2O4/c1-12-4-6-15(7-5-12)20-11-14(9-16(20)21)17(22)19-8-2-3-13(10-19)18(23)24/h12-15H,2-11H2,1H3,(H,23,24)/t12?,13-,14-,15?/m1/s1. The number of carboxylic acid groups (broad SMARTS) is 1. The molecule has 3 fully saturated rings. The van der Waals surface area contributed by atoms with Crippen LogP contribution in [0.5, 0.6) is 0 Å². The lowest BCUT2D eigenvalue weighted by molar-refractivity contribution is -0.146. The van der Waals surface area contributed by atoms with Crippen LogP contribution in [0.1, 0.15) is 51.9 Å². The van der Waals surface area contributed by atoms with Gasteiger partial charge in [-0.15, -0.1) is 0 Å². The maximum atomic E-state index is 12.7. The van der Waals surface area contributed by atoms with Crippen molar-refractivity contribution in [3.63, 3.8) is 0 Å². The molecule has 0 radical (unpaired) electrons. The van der Waals surface area contributed by atoms with Crippen LogP contribution in [0.2, 0.25) is 0 Å². The smallest absolute Gasteiger partial charge is 0.308 e. The van der Waals surface area contributed by atoms with Crippen molar-refractivity contribution >= 4 is 17.8 Å². The molecule has 2 aliphatic heterocycles. The lowest BCUT2D eigenvalue weighted by atomic mass is 9.86. The van der Waals surface area contributed by atoms with Gasteiger partial charge in [-0.05, 0) is 44.4 Å². The maximum Gasteiger partial charge on any atom is 0.308 e. The Kier molecular flexibility index (Phi) is 5.11. The molecule has 0 aromatic carbocycles. The maximum absolute atomic E-state index is 12.7. The summed E-state index contributed by atoms with van der Waals surface area (Å²) in [6, 6.07) is 0.291.